The van der Waals surface area contributed by atoms with E-state index < -0.39 is 6.10 Å². The Morgan fingerprint density at radius 1 is 0.237 bits per heavy atom. The van der Waals surface area contributed by atoms with Crippen LogP contribution < -0.4 is 0 Å². The van der Waals surface area contributed by atoms with Crippen molar-refractivity contribution in [3.63, 3.8) is 0 Å². The summed E-state index contributed by atoms with van der Waals surface area (Å²) < 4.78 is 17.0. The van der Waals surface area contributed by atoms with Gasteiger partial charge in [0.2, 0.25) is 0 Å². The van der Waals surface area contributed by atoms with Crippen molar-refractivity contribution in [3.8, 4) is 0 Å². The highest BCUT2D eigenvalue weighted by Crippen LogP contribution is 2.18. The van der Waals surface area contributed by atoms with Crippen LogP contribution >= 0.6 is 0 Å². The van der Waals surface area contributed by atoms with Crippen molar-refractivity contribution >= 4 is 17.9 Å². The van der Waals surface area contributed by atoms with E-state index in [0.29, 0.717) is 19.3 Å². The average molecular weight is 1120 g/mol. The highest BCUT2D eigenvalue weighted by atomic mass is 16.6. The Morgan fingerprint density at radius 3 is 0.625 bits per heavy atom. The molecule has 0 aliphatic carbocycles. The smallest absolute Gasteiger partial charge is 0.306 e. The summed E-state index contributed by atoms with van der Waals surface area (Å²) in [5.74, 6) is -0.857. The second-order valence-corrected chi connectivity index (χ2v) is 24.5. The molecule has 0 saturated heterocycles. The van der Waals surface area contributed by atoms with Crippen LogP contribution in [-0.2, 0) is 28.6 Å². The quantitative estimate of drug-likeness (QED) is 0.0261. The second kappa shape index (κ2) is 69.1. The lowest BCUT2D eigenvalue weighted by atomic mass is 10.0. The first-order chi connectivity index (χ1) is 39.5. The van der Waals surface area contributed by atoms with E-state index in [1.54, 1.807) is 0 Å². The zero-order valence-electron chi connectivity index (χ0n) is 54.1. The summed E-state index contributed by atoms with van der Waals surface area (Å²) in [6, 6.07) is 0. The molecule has 0 aliphatic rings. The molecule has 0 N–H and O–H groups in total. The zero-order valence-corrected chi connectivity index (χ0v) is 54.1. The van der Waals surface area contributed by atoms with E-state index in [4.69, 9.17) is 14.2 Å². The van der Waals surface area contributed by atoms with E-state index in [-0.39, 0.29) is 31.1 Å². The van der Waals surface area contributed by atoms with Crippen LogP contribution in [0.15, 0.2) is 36.5 Å². The highest BCUT2D eigenvalue weighted by Gasteiger charge is 2.19. The molecule has 1 atom stereocenters. The molecule has 0 aromatic rings. The van der Waals surface area contributed by atoms with Crippen LogP contribution in [0.4, 0.5) is 0 Å². The van der Waals surface area contributed by atoms with E-state index >= 15 is 0 Å². The van der Waals surface area contributed by atoms with E-state index in [9.17, 15) is 14.4 Å². The third kappa shape index (κ3) is 66.4. The average Bonchev–Trinajstić information content (AvgIpc) is 3.46. The molecule has 0 bridgehead atoms. The van der Waals surface area contributed by atoms with Crippen LogP contribution in [0.2, 0.25) is 0 Å². The number of carbonyl (C=O) groups excluding carboxylic acids is 3. The molecule has 0 aromatic heterocycles. The minimum atomic E-state index is -0.777. The van der Waals surface area contributed by atoms with Crippen LogP contribution in [0.25, 0.3) is 0 Å². The minimum absolute atomic E-state index is 0.0721. The van der Waals surface area contributed by atoms with E-state index in [0.717, 1.165) is 64.2 Å². The number of unbranched alkanes of at least 4 members (excludes halogenated alkanes) is 50. The Morgan fingerprint density at radius 2 is 0.412 bits per heavy atom. The Kier molecular flexibility index (Phi) is 67.1. The summed E-state index contributed by atoms with van der Waals surface area (Å²) in [4.78, 5) is 38.4. The molecule has 80 heavy (non-hydrogen) atoms. The van der Waals surface area contributed by atoms with E-state index in [2.05, 4.69) is 57.2 Å². The third-order valence-corrected chi connectivity index (χ3v) is 16.3. The normalized spacial score (nSPS) is 12.2. The van der Waals surface area contributed by atoms with Crippen LogP contribution in [0.5, 0.6) is 0 Å². The first-order valence-corrected chi connectivity index (χ1v) is 36.0. The molecule has 0 aromatic carbocycles. The Labute approximate surface area is 499 Å². The van der Waals surface area contributed by atoms with Gasteiger partial charge in [0.25, 0.3) is 0 Å². The third-order valence-electron chi connectivity index (χ3n) is 16.3. The van der Waals surface area contributed by atoms with E-state index in [1.807, 2.05) is 0 Å². The molecule has 0 saturated carbocycles. The summed E-state index contributed by atoms with van der Waals surface area (Å²) >= 11 is 0. The van der Waals surface area contributed by atoms with Gasteiger partial charge in [-0.25, -0.2) is 0 Å². The molecule has 0 fully saturated rings. The topological polar surface area (TPSA) is 78.9 Å². The number of carbonyl (C=O) groups is 3. The Hall–Kier alpha value is -2.37. The predicted molar refractivity (Wildman–Crippen MR) is 349 cm³/mol. The fraction of sp³-hybridized carbons (Fsp3) is 0.878. The first-order valence-electron chi connectivity index (χ1n) is 36.0. The maximum Gasteiger partial charge on any atom is 0.306 e. The van der Waals surface area contributed by atoms with Gasteiger partial charge in [0, 0.05) is 19.3 Å². The molecular formula is C74H138O6. The summed E-state index contributed by atoms with van der Waals surface area (Å²) in [5, 5.41) is 0. The molecule has 0 rings (SSSR count). The van der Waals surface area contributed by atoms with E-state index in [1.165, 1.54) is 295 Å². The molecule has 470 valence electrons. The minimum Gasteiger partial charge on any atom is -0.462 e. The monoisotopic (exact) mass is 1120 g/mol. The molecular weight excluding hydrogens is 985 g/mol. The van der Waals surface area contributed by atoms with Crippen molar-refractivity contribution in [2.45, 2.75) is 406 Å². The van der Waals surface area contributed by atoms with Crippen molar-refractivity contribution in [2.24, 2.45) is 0 Å². The van der Waals surface area contributed by atoms with Crippen molar-refractivity contribution in [3.05, 3.63) is 36.5 Å². The summed E-state index contributed by atoms with van der Waals surface area (Å²) in [6.45, 7) is 6.69. The molecule has 0 spiro atoms. The number of hydrogen-bond donors (Lipinski definition) is 0. The van der Waals surface area contributed by atoms with Gasteiger partial charge >= 0.3 is 17.9 Å². The maximum absolute atomic E-state index is 12.9. The molecule has 6 heteroatoms. The molecule has 0 aliphatic heterocycles. The van der Waals surface area contributed by atoms with Crippen LogP contribution in [-0.4, -0.2) is 37.2 Å². The van der Waals surface area contributed by atoms with Crippen molar-refractivity contribution in [1.29, 1.82) is 0 Å². The van der Waals surface area contributed by atoms with Crippen LogP contribution in [0, 0.1) is 0 Å². The predicted octanol–water partition coefficient (Wildman–Crippen LogP) is 24.7. The first kappa shape index (κ1) is 77.6. The van der Waals surface area contributed by atoms with Gasteiger partial charge in [0.15, 0.2) is 6.10 Å². The van der Waals surface area contributed by atoms with Gasteiger partial charge in [-0.15, -0.1) is 0 Å². The van der Waals surface area contributed by atoms with Crippen molar-refractivity contribution < 1.29 is 28.6 Å². The number of hydrogen-bond acceptors (Lipinski definition) is 6. The lowest BCUT2D eigenvalue weighted by Crippen LogP contribution is -2.30. The van der Waals surface area contributed by atoms with Crippen LogP contribution in [0.3, 0.4) is 0 Å². The molecule has 0 radical (unpaired) electrons. The number of esters is 3. The Balaban J connectivity index is 4.22. The van der Waals surface area contributed by atoms with Crippen LogP contribution in [0.1, 0.15) is 400 Å². The number of ether oxygens (including phenoxy) is 3. The SMILES string of the molecule is CCCCCCCC/C=C\CCCCCCCCCC(=O)OC(COC(=O)CCCCCCC/C=C\CCCCCCCCC)COC(=O)CCCCCCCCCCCCCCCCCCC/C=C\CCCCCCCCCC. The van der Waals surface area contributed by atoms with Gasteiger partial charge in [-0.3, -0.25) is 14.4 Å². The zero-order chi connectivity index (χ0) is 57.8. The van der Waals surface area contributed by atoms with Gasteiger partial charge in [0.05, 0.1) is 0 Å². The standard InChI is InChI=1S/C74H138O6/c1-4-7-10-13-16-19-22-25-28-31-32-33-34-35-36-37-38-39-40-41-42-44-46-49-52-55-58-61-64-67-73(76)79-70-71(69-78-72(75)66-63-60-57-54-51-48-45-30-27-24-21-18-15-12-9-6-3)80-74(77)68-65-62-59-56-53-50-47-43-29-26-23-20-17-14-11-8-5-2/h26,29-32,45,71H,4-25,27-28,33-44,46-70H2,1-3H3/b29-26-,32-31-,45-30-. The second-order valence-electron chi connectivity index (χ2n) is 24.5. The number of allylic oxidation sites excluding steroid dienone is 6. The van der Waals surface area contributed by atoms with Gasteiger partial charge in [-0.05, 0) is 96.3 Å². The van der Waals surface area contributed by atoms with Crippen molar-refractivity contribution in [1.82, 2.24) is 0 Å². The fourth-order valence-corrected chi connectivity index (χ4v) is 10.9. The fourth-order valence-electron chi connectivity index (χ4n) is 10.9. The largest absolute Gasteiger partial charge is 0.462 e. The van der Waals surface area contributed by atoms with Gasteiger partial charge in [-0.1, -0.05) is 320 Å². The van der Waals surface area contributed by atoms with Gasteiger partial charge in [-0.2, -0.15) is 0 Å². The molecule has 0 amide bonds. The highest BCUT2D eigenvalue weighted by molar-refractivity contribution is 5.71. The molecule has 6 nitrogen and oxygen atoms in total. The molecule has 1 unspecified atom stereocenters. The Bertz CT molecular complexity index is 1340. The summed E-state index contributed by atoms with van der Waals surface area (Å²) in [6.07, 6.45) is 86.1. The lowest BCUT2D eigenvalue weighted by Gasteiger charge is -2.18. The lowest BCUT2D eigenvalue weighted by molar-refractivity contribution is -0.167. The van der Waals surface area contributed by atoms with Gasteiger partial charge in [0.1, 0.15) is 13.2 Å². The number of rotatable bonds is 67. The van der Waals surface area contributed by atoms with Crippen molar-refractivity contribution in [2.75, 3.05) is 13.2 Å². The summed E-state index contributed by atoms with van der Waals surface area (Å²) in [7, 11) is 0. The van der Waals surface area contributed by atoms with Gasteiger partial charge < -0.3 is 14.2 Å². The maximum atomic E-state index is 12.9. The summed E-state index contributed by atoms with van der Waals surface area (Å²) in [5.41, 5.74) is 0. The molecule has 0 heterocycles.